The summed E-state index contributed by atoms with van der Waals surface area (Å²) in [6.45, 7) is 0.456. The Kier molecular flexibility index (Phi) is 3.43. The van der Waals surface area contributed by atoms with E-state index in [0.717, 1.165) is 11.1 Å². The summed E-state index contributed by atoms with van der Waals surface area (Å²) in [6.07, 6.45) is 0. The van der Waals surface area contributed by atoms with E-state index in [4.69, 9.17) is 15.6 Å². The lowest BCUT2D eigenvalue weighted by Crippen LogP contribution is -2.06. The zero-order valence-corrected chi connectivity index (χ0v) is 9.64. The van der Waals surface area contributed by atoms with Gasteiger partial charge >= 0.3 is 0 Å². The molecule has 0 heterocycles. The van der Waals surface area contributed by atoms with E-state index in [1.165, 1.54) is 0 Å². The van der Waals surface area contributed by atoms with Gasteiger partial charge in [-0.15, -0.1) is 0 Å². The summed E-state index contributed by atoms with van der Waals surface area (Å²) in [5.74, 6) is 0. The van der Waals surface area contributed by atoms with E-state index in [9.17, 15) is 0 Å². The van der Waals surface area contributed by atoms with Gasteiger partial charge in [0.05, 0.1) is 29.9 Å². The number of benzene rings is 2. The van der Waals surface area contributed by atoms with Crippen LogP contribution in [0.15, 0.2) is 30.3 Å². The molecule has 18 heavy (non-hydrogen) atoms. The number of hydrogen-bond acceptors (Lipinski definition) is 4. The zero-order valence-electron chi connectivity index (χ0n) is 9.64. The Morgan fingerprint density at radius 1 is 1.06 bits per heavy atom. The normalized spacial score (nSPS) is 9.72. The highest BCUT2D eigenvalue weighted by atomic mass is 16.3. The number of nitrogens with one attached hydrogen (secondary N) is 1. The summed E-state index contributed by atoms with van der Waals surface area (Å²) in [6, 6.07) is 13.0. The molecule has 0 radical (unpaired) electrons. The third-order valence-electron chi connectivity index (χ3n) is 2.71. The number of nitrogens with zero attached hydrogens (tertiary/aromatic N) is 2. The number of anilines is 1. The Hall–Kier alpha value is -2.56. The van der Waals surface area contributed by atoms with Gasteiger partial charge in [-0.05, 0) is 18.2 Å². The van der Waals surface area contributed by atoms with E-state index in [-0.39, 0.29) is 6.61 Å². The molecule has 0 saturated carbocycles. The molecule has 4 heteroatoms. The summed E-state index contributed by atoms with van der Waals surface area (Å²) in [5.41, 5.74) is 1.78. The van der Waals surface area contributed by atoms with E-state index in [2.05, 4.69) is 17.5 Å². The van der Waals surface area contributed by atoms with Gasteiger partial charge in [0.15, 0.2) is 0 Å². The van der Waals surface area contributed by atoms with E-state index in [0.29, 0.717) is 23.1 Å². The SMILES string of the molecule is N#Cc1cccc2c(NCCO)ccc(C#N)c12. The lowest BCUT2D eigenvalue weighted by molar-refractivity contribution is 0.311. The van der Waals surface area contributed by atoms with Gasteiger partial charge < -0.3 is 10.4 Å². The van der Waals surface area contributed by atoms with Crippen LogP contribution in [-0.2, 0) is 0 Å². The minimum Gasteiger partial charge on any atom is -0.395 e. The summed E-state index contributed by atoms with van der Waals surface area (Å²) in [7, 11) is 0. The van der Waals surface area contributed by atoms with Crippen molar-refractivity contribution >= 4 is 16.5 Å². The van der Waals surface area contributed by atoms with Gasteiger partial charge in [0.25, 0.3) is 0 Å². The molecule has 0 atom stereocenters. The summed E-state index contributed by atoms with van der Waals surface area (Å²) in [5, 5.41) is 31.6. The molecule has 0 spiro atoms. The fourth-order valence-electron chi connectivity index (χ4n) is 1.94. The second-order valence-electron chi connectivity index (χ2n) is 3.76. The first-order valence-electron chi connectivity index (χ1n) is 5.52. The zero-order chi connectivity index (χ0) is 13.0. The summed E-state index contributed by atoms with van der Waals surface area (Å²) < 4.78 is 0. The van der Waals surface area contributed by atoms with E-state index in [1.807, 2.05) is 6.07 Å². The lowest BCUT2D eigenvalue weighted by Gasteiger charge is -2.10. The van der Waals surface area contributed by atoms with Crippen LogP contribution in [0.3, 0.4) is 0 Å². The first kappa shape index (κ1) is 11.9. The highest BCUT2D eigenvalue weighted by molar-refractivity contribution is 6.00. The van der Waals surface area contributed by atoms with Crippen LogP contribution in [0.1, 0.15) is 11.1 Å². The molecular formula is C14H11N3O. The monoisotopic (exact) mass is 237 g/mol. The molecule has 2 rings (SSSR count). The first-order chi connectivity index (χ1) is 8.81. The van der Waals surface area contributed by atoms with Crippen LogP contribution >= 0.6 is 0 Å². The van der Waals surface area contributed by atoms with E-state index in [1.54, 1.807) is 24.3 Å². The molecule has 2 N–H and O–H groups in total. The molecule has 0 amide bonds. The number of nitriles is 2. The molecule has 0 saturated heterocycles. The van der Waals surface area contributed by atoms with Crippen LogP contribution < -0.4 is 5.32 Å². The first-order valence-corrected chi connectivity index (χ1v) is 5.52. The molecule has 0 aliphatic rings. The topological polar surface area (TPSA) is 79.8 Å². The molecule has 2 aromatic carbocycles. The number of fused-ring (bicyclic) bond motifs is 1. The van der Waals surface area contributed by atoms with Crippen LogP contribution in [0.25, 0.3) is 10.8 Å². The summed E-state index contributed by atoms with van der Waals surface area (Å²) in [4.78, 5) is 0. The minimum atomic E-state index is 0.0272. The fourth-order valence-corrected chi connectivity index (χ4v) is 1.94. The largest absolute Gasteiger partial charge is 0.395 e. The Balaban J connectivity index is 2.72. The predicted molar refractivity (Wildman–Crippen MR) is 69.0 cm³/mol. The molecule has 88 valence electrons. The highest BCUT2D eigenvalue weighted by Gasteiger charge is 2.09. The maximum Gasteiger partial charge on any atom is 0.0998 e. The standard InChI is InChI=1S/C14H11N3O/c15-8-10-2-1-3-12-13(17-6-7-18)5-4-11(9-16)14(10)12/h1-5,17-18H,6-7H2. The van der Waals surface area contributed by atoms with Crippen molar-refractivity contribution in [2.45, 2.75) is 0 Å². The molecule has 0 fully saturated rings. The Morgan fingerprint density at radius 3 is 2.44 bits per heavy atom. The molecular weight excluding hydrogens is 226 g/mol. The van der Waals surface area contributed by atoms with Crippen molar-refractivity contribution in [2.24, 2.45) is 0 Å². The van der Waals surface area contributed by atoms with Gasteiger partial charge in [-0.25, -0.2) is 0 Å². The third-order valence-corrected chi connectivity index (χ3v) is 2.71. The molecule has 0 aromatic heterocycles. The van der Waals surface area contributed by atoms with Crippen molar-refractivity contribution in [3.8, 4) is 12.1 Å². The molecule has 2 aromatic rings. The number of hydrogen-bond donors (Lipinski definition) is 2. The molecule has 4 nitrogen and oxygen atoms in total. The highest BCUT2D eigenvalue weighted by Crippen LogP contribution is 2.28. The second kappa shape index (κ2) is 5.18. The quantitative estimate of drug-likeness (QED) is 0.855. The minimum absolute atomic E-state index is 0.0272. The maximum absolute atomic E-state index is 9.10. The number of rotatable bonds is 3. The number of aliphatic hydroxyl groups is 1. The van der Waals surface area contributed by atoms with Crippen LogP contribution in [0, 0.1) is 22.7 Å². The van der Waals surface area contributed by atoms with Crippen LogP contribution in [0.4, 0.5) is 5.69 Å². The fraction of sp³-hybridized carbons (Fsp3) is 0.143. The average Bonchev–Trinajstić information content (AvgIpc) is 2.43. The van der Waals surface area contributed by atoms with Gasteiger partial charge in [-0.3, -0.25) is 0 Å². The Bertz CT molecular complexity index is 645. The van der Waals surface area contributed by atoms with E-state index < -0.39 is 0 Å². The van der Waals surface area contributed by atoms with Crippen molar-refractivity contribution in [1.29, 1.82) is 10.5 Å². The van der Waals surface area contributed by atoms with Crippen molar-refractivity contribution in [1.82, 2.24) is 0 Å². The third kappa shape index (κ3) is 1.98. The summed E-state index contributed by atoms with van der Waals surface area (Å²) >= 11 is 0. The molecule has 0 bridgehead atoms. The van der Waals surface area contributed by atoms with Gasteiger partial charge in [-0.1, -0.05) is 12.1 Å². The van der Waals surface area contributed by atoms with Gasteiger partial charge in [0, 0.05) is 23.0 Å². The van der Waals surface area contributed by atoms with Crippen LogP contribution in [0.2, 0.25) is 0 Å². The molecule has 0 aliphatic carbocycles. The van der Waals surface area contributed by atoms with E-state index >= 15 is 0 Å². The molecule has 0 aliphatic heterocycles. The number of aliphatic hydroxyl groups excluding tert-OH is 1. The Labute approximate surface area is 105 Å². The van der Waals surface area contributed by atoms with Gasteiger partial charge in [0.1, 0.15) is 0 Å². The van der Waals surface area contributed by atoms with Crippen LogP contribution in [-0.4, -0.2) is 18.3 Å². The van der Waals surface area contributed by atoms with Gasteiger partial charge in [-0.2, -0.15) is 10.5 Å². The molecule has 0 unspecified atom stereocenters. The smallest absolute Gasteiger partial charge is 0.0998 e. The Morgan fingerprint density at radius 2 is 1.78 bits per heavy atom. The van der Waals surface area contributed by atoms with Crippen molar-refractivity contribution in [3.63, 3.8) is 0 Å². The van der Waals surface area contributed by atoms with Crippen molar-refractivity contribution in [3.05, 3.63) is 41.5 Å². The lowest BCUT2D eigenvalue weighted by atomic mass is 9.99. The predicted octanol–water partition coefficient (Wildman–Crippen LogP) is 1.99. The van der Waals surface area contributed by atoms with Gasteiger partial charge in [0.2, 0.25) is 0 Å². The van der Waals surface area contributed by atoms with Crippen molar-refractivity contribution < 1.29 is 5.11 Å². The second-order valence-corrected chi connectivity index (χ2v) is 3.76. The van der Waals surface area contributed by atoms with Crippen LogP contribution in [0.5, 0.6) is 0 Å². The maximum atomic E-state index is 9.10. The van der Waals surface area contributed by atoms with Crippen molar-refractivity contribution in [2.75, 3.05) is 18.5 Å². The average molecular weight is 237 g/mol.